The number of rotatable bonds is 1. The number of nitrogens with zero attached hydrogens (tertiary/aromatic N) is 1. The Morgan fingerprint density at radius 2 is 2.08 bits per heavy atom. The Balaban J connectivity index is 3.10. The molecular weight excluding hydrogens is 205 g/mol. The average Bonchev–Trinajstić information content (AvgIpc) is 2.02. The zero-order valence-corrected chi connectivity index (χ0v) is 7.15. The summed E-state index contributed by atoms with van der Waals surface area (Å²) in [5.74, 6) is 0.0526. The molecule has 0 amide bonds. The van der Waals surface area contributed by atoms with Gasteiger partial charge in [0.15, 0.2) is 0 Å². The van der Waals surface area contributed by atoms with Crippen LogP contribution in [-0.2, 0) is 12.1 Å². The molecule has 6 heteroatoms. The molecule has 13 heavy (non-hydrogen) atoms. The summed E-state index contributed by atoms with van der Waals surface area (Å²) in [6, 6.07) is 0.776. The molecule has 2 N–H and O–H groups in total. The minimum atomic E-state index is -4.46. The van der Waals surface area contributed by atoms with E-state index in [9.17, 15) is 13.2 Å². The van der Waals surface area contributed by atoms with Crippen LogP contribution in [0.2, 0.25) is 0 Å². The van der Waals surface area contributed by atoms with Crippen LogP contribution >= 0.6 is 11.6 Å². The van der Waals surface area contributed by atoms with Crippen LogP contribution in [0.4, 0.5) is 18.9 Å². The summed E-state index contributed by atoms with van der Waals surface area (Å²) >= 11 is 5.40. The fourth-order valence-corrected chi connectivity index (χ4v) is 0.989. The number of halogens is 4. The molecule has 0 saturated carbocycles. The highest BCUT2D eigenvalue weighted by Gasteiger charge is 2.32. The maximum atomic E-state index is 12.1. The molecule has 0 bridgehead atoms. The van der Waals surface area contributed by atoms with E-state index < -0.39 is 11.9 Å². The fourth-order valence-electron chi connectivity index (χ4n) is 0.766. The second-order valence-corrected chi connectivity index (χ2v) is 2.67. The molecule has 2 nitrogen and oxygen atoms in total. The third-order valence-corrected chi connectivity index (χ3v) is 1.74. The normalized spacial score (nSPS) is 11.7. The molecule has 0 aromatic carbocycles. The van der Waals surface area contributed by atoms with Crippen molar-refractivity contribution >= 4 is 17.3 Å². The van der Waals surface area contributed by atoms with Gasteiger partial charge in [-0.2, -0.15) is 13.2 Å². The van der Waals surface area contributed by atoms with Crippen molar-refractivity contribution in [3.05, 3.63) is 23.5 Å². The van der Waals surface area contributed by atoms with Crippen molar-refractivity contribution in [2.24, 2.45) is 0 Å². The molecule has 1 rings (SSSR count). The first-order valence-electron chi connectivity index (χ1n) is 3.32. The molecule has 0 aliphatic carbocycles. The number of pyridine rings is 1. The van der Waals surface area contributed by atoms with Crippen LogP contribution in [0.5, 0.6) is 0 Å². The number of alkyl halides is 4. The van der Waals surface area contributed by atoms with E-state index >= 15 is 0 Å². The molecule has 1 aromatic heterocycles. The molecule has 1 aromatic rings. The first kappa shape index (κ1) is 10.1. The highest BCUT2D eigenvalue weighted by Crippen LogP contribution is 2.29. The molecule has 0 spiro atoms. The zero-order valence-electron chi connectivity index (χ0n) is 6.40. The van der Waals surface area contributed by atoms with Crippen LogP contribution in [0, 0.1) is 0 Å². The standard InChI is InChI=1S/C7H6ClF3N2/c8-2-4-3-13-6(1-5(4)12)7(9,10)11/h1,3H,2H2,(H2,12,13). The van der Waals surface area contributed by atoms with Gasteiger partial charge in [0, 0.05) is 17.4 Å². The molecular formula is C7H6ClF3N2. The number of hydrogen-bond acceptors (Lipinski definition) is 2. The summed E-state index contributed by atoms with van der Waals surface area (Å²) in [4.78, 5) is 3.19. The lowest BCUT2D eigenvalue weighted by molar-refractivity contribution is -0.141. The first-order valence-corrected chi connectivity index (χ1v) is 3.86. The number of anilines is 1. The van der Waals surface area contributed by atoms with Crippen LogP contribution in [0.15, 0.2) is 12.3 Å². The Bertz CT molecular complexity index is 311. The summed E-state index contributed by atoms with van der Waals surface area (Å²) in [6.07, 6.45) is -3.43. The van der Waals surface area contributed by atoms with E-state index in [2.05, 4.69) is 4.98 Å². The molecule has 72 valence electrons. The quantitative estimate of drug-likeness (QED) is 0.723. The zero-order chi connectivity index (χ0) is 10.1. The Kier molecular flexibility index (Phi) is 2.66. The molecule has 0 fully saturated rings. The van der Waals surface area contributed by atoms with Crippen molar-refractivity contribution in [1.29, 1.82) is 0 Å². The predicted molar refractivity (Wildman–Crippen MR) is 43.2 cm³/mol. The average molecular weight is 211 g/mol. The molecule has 0 radical (unpaired) electrons. The summed E-state index contributed by atoms with van der Waals surface area (Å²) < 4.78 is 36.2. The number of nitrogen functional groups attached to an aromatic ring is 1. The van der Waals surface area contributed by atoms with Crippen LogP contribution in [0.1, 0.15) is 11.3 Å². The maximum Gasteiger partial charge on any atom is 0.433 e. The third-order valence-electron chi connectivity index (χ3n) is 1.46. The Morgan fingerprint density at radius 1 is 1.46 bits per heavy atom. The topological polar surface area (TPSA) is 38.9 Å². The molecule has 0 unspecified atom stereocenters. The molecule has 0 saturated heterocycles. The van der Waals surface area contributed by atoms with E-state index in [1.807, 2.05) is 0 Å². The fraction of sp³-hybridized carbons (Fsp3) is 0.286. The van der Waals surface area contributed by atoms with E-state index in [0.29, 0.717) is 5.56 Å². The molecule has 1 heterocycles. The lowest BCUT2D eigenvalue weighted by Crippen LogP contribution is -2.09. The molecule has 0 atom stereocenters. The van der Waals surface area contributed by atoms with Crippen molar-refractivity contribution < 1.29 is 13.2 Å². The monoisotopic (exact) mass is 210 g/mol. The molecule has 0 aliphatic heterocycles. The number of nitrogens with two attached hydrogens (primary N) is 1. The van der Waals surface area contributed by atoms with Gasteiger partial charge in [-0.3, -0.25) is 4.98 Å². The Morgan fingerprint density at radius 3 is 2.46 bits per heavy atom. The minimum absolute atomic E-state index is 0.0114. The van der Waals surface area contributed by atoms with Crippen molar-refractivity contribution in [1.82, 2.24) is 4.98 Å². The largest absolute Gasteiger partial charge is 0.433 e. The van der Waals surface area contributed by atoms with E-state index in [1.54, 1.807) is 0 Å². The Hall–Kier alpha value is -0.970. The van der Waals surface area contributed by atoms with Gasteiger partial charge in [0.05, 0.1) is 5.88 Å². The second-order valence-electron chi connectivity index (χ2n) is 2.40. The summed E-state index contributed by atoms with van der Waals surface area (Å²) in [6.45, 7) is 0. The first-order chi connectivity index (χ1) is 5.95. The van der Waals surface area contributed by atoms with Gasteiger partial charge in [0.1, 0.15) is 5.69 Å². The van der Waals surface area contributed by atoms with E-state index in [1.165, 1.54) is 0 Å². The second kappa shape index (κ2) is 3.41. The minimum Gasteiger partial charge on any atom is -0.398 e. The maximum absolute atomic E-state index is 12.1. The van der Waals surface area contributed by atoms with Crippen molar-refractivity contribution in [2.45, 2.75) is 12.1 Å². The number of aromatic nitrogens is 1. The smallest absolute Gasteiger partial charge is 0.398 e. The van der Waals surface area contributed by atoms with Gasteiger partial charge < -0.3 is 5.73 Å². The van der Waals surface area contributed by atoms with Crippen molar-refractivity contribution in [3.63, 3.8) is 0 Å². The van der Waals surface area contributed by atoms with E-state index in [-0.39, 0.29) is 11.6 Å². The summed E-state index contributed by atoms with van der Waals surface area (Å²) in [5, 5.41) is 0. The van der Waals surface area contributed by atoms with E-state index in [4.69, 9.17) is 17.3 Å². The van der Waals surface area contributed by atoms with Crippen molar-refractivity contribution in [2.75, 3.05) is 5.73 Å². The van der Waals surface area contributed by atoms with Gasteiger partial charge in [0.25, 0.3) is 0 Å². The van der Waals surface area contributed by atoms with Gasteiger partial charge in [-0.15, -0.1) is 11.6 Å². The van der Waals surface area contributed by atoms with Gasteiger partial charge >= 0.3 is 6.18 Å². The lowest BCUT2D eigenvalue weighted by Gasteiger charge is -2.07. The van der Waals surface area contributed by atoms with Crippen molar-refractivity contribution in [3.8, 4) is 0 Å². The van der Waals surface area contributed by atoms with Crippen LogP contribution < -0.4 is 5.73 Å². The highest BCUT2D eigenvalue weighted by atomic mass is 35.5. The third kappa shape index (κ3) is 2.24. The number of hydrogen-bond donors (Lipinski definition) is 1. The van der Waals surface area contributed by atoms with Gasteiger partial charge in [-0.25, -0.2) is 0 Å². The van der Waals surface area contributed by atoms with Crippen LogP contribution in [-0.4, -0.2) is 4.98 Å². The Labute approximate surface area is 77.5 Å². The van der Waals surface area contributed by atoms with Gasteiger partial charge in [-0.05, 0) is 6.07 Å². The van der Waals surface area contributed by atoms with Gasteiger partial charge in [0.2, 0.25) is 0 Å². The molecule has 0 aliphatic rings. The SMILES string of the molecule is Nc1cc(C(F)(F)F)ncc1CCl. The van der Waals surface area contributed by atoms with Crippen LogP contribution in [0.3, 0.4) is 0 Å². The van der Waals surface area contributed by atoms with Crippen LogP contribution in [0.25, 0.3) is 0 Å². The van der Waals surface area contributed by atoms with E-state index in [0.717, 1.165) is 12.3 Å². The predicted octanol–water partition coefficient (Wildman–Crippen LogP) is 2.42. The summed E-state index contributed by atoms with van der Waals surface area (Å²) in [5.41, 5.74) is 4.71. The highest BCUT2D eigenvalue weighted by molar-refractivity contribution is 6.17. The summed E-state index contributed by atoms with van der Waals surface area (Å²) in [7, 11) is 0. The lowest BCUT2D eigenvalue weighted by atomic mass is 10.2. The van der Waals surface area contributed by atoms with Gasteiger partial charge in [-0.1, -0.05) is 0 Å².